The largest absolute Gasteiger partial charge is 0.455 e. The Labute approximate surface area is 135 Å². The topological polar surface area (TPSA) is 102 Å². The SMILES string of the molecule is Cc1cccc(C(C)CNC(=O)c2cc(S(N)(=O)=O)c(C)o2)c1. The Balaban J connectivity index is 2.05. The summed E-state index contributed by atoms with van der Waals surface area (Å²) in [6.07, 6.45) is 0. The molecule has 1 aromatic carbocycles. The van der Waals surface area contributed by atoms with E-state index in [4.69, 9.17) is 9.56 Å². The number of hydrogen-bond acceptors (Lipinski definition) is 4. The highest BCUT2D eigenvalue weighted by atomic mass is 32.2. The summed E-state index contributed by atoms with van der Waals surface area (Å²) in [6, 6.07) is 9.19. The van der Waals surface area contributed by atoms with Gasteiger partial charge in [-0.05, 0) is 25.3 Å². The van der Waals surface area contributed by atoms with Crippen LogP contribution in [0, 0.1) is 13.8 Å². The molecule has 1 atom stereocenters. The molecule has 0 spiro atoms. The Hall–Kier alpha value is -2.12. The van der Waals surface area contributed by atoms with Crippen LogP contribution >= 0.6 is 0 Å². The van der Waals surface area contributed by atoms with Crippen LogP contribution in [0.15, 0.2) is 39.6 Å². The molecule has 0 saturated carbocycles. The molecule has 0 bridgehead atoms. The molecule has 3 N–H and O–H groups in total. The number of aryl methyl sites for hydroxylation is 2. The molecule has 0 fully saturated rings. The molecule has 6 nitrogen and oxygen atoms in total. The van der Waals surface area contributed by atoms with Crippen LogP contribution in [0.5, 0.6) is 0 Å². The maximum absolute atomic E-state index is 12.1. The van der Waals surface area contributed by atoms with Crippen LogP contribution in [-0.2, 0) is 10.0 Å². The molecule has 124 valence electrons. The predicted molar refractivity (Wildman–Crippen MR) is 86.7 cm³/mol. The van der Waals surface area contributed by atoms with Crippen LogP contribution in [0.25, 0.3) is 0 Å². The summed E-state index contributed by atoms with van der Waals surface area (Å²) in [5.74, 6) is -0.317. The highest BCUT2D eigenvalue weighted by Crippen LogP contribution is 2.19. The summed E-state index contributed by atoms with van der Waals surface area (Å²) >= 11 is 0. The first-order valence-electron chi connectivity index (χ1n) is 7.16. The lowest BCUT2D eigenvalue weighted by Crippen LogP contribution is -2.27. The second-order valence-corrected chi connectivity index (χ2v) is 7.13. The van der Waals surface area contributed by atoms with Crippen molar-refractivity contribution in [3.8, 4) is 0 Å². The third-order valence-electron chi connectivity index (χ3n) is 3.58. The standard InChI is InChI=1S/C16H20N2O4S/c1-10-5-4-6-13(7-10)11(2)9-18-16(19)14-8-15(12(3)22-14)23(17,20)21/h4-8,11H,9H2,1-3H3,(H,18,19)(H2,17,20,21). The van der Waals surface area contributed by atoms with Gasteiger partial charge in [0.1, 0.15) is 10.7 Å². The highest BCUT2D eigenvalue weighted by Gasteiger charge is 2.21. The Morgan fingerprint density at radius 2 is 2.00 bits per heavy atom. The molecule has 0 aliphatic carbocycles. The van der Waals surface area contributed by atoms with Crippen molar-refractivity contribution in [3.63, 3.8) is 0 Å². The Morgan fingerprint density at radius 3 is 2.57 bits per heavy atom. The van der Waals surface area contributed by atoms with Gasteiger partial charge in [0.2, 0.25) is 10.0 Å². The van der Waals surface area contributed by atoms with Gasteiger partial charge in [-0.1, -0.05) is 36.8 Å². The number of carbonyl (C=O) groups excluding carboxylic acids is 1. The van der Waals surface area contributed by atoms with Gasteiger partial charge in [-0.2, -0.15) is 0 Å². The van der Waals surface area contributed by atoms with E-state index in [2.05, 4.69) is 11.4 Å². The van der Waals surface area contributed by atoms with E-state index in [1.165, 1.54) is 6.92 Å². The zero-order valence-electron chi connectivity index (χ0n) is 13.3. The molecule has 0 saturated heterocycles. The summed E-state index contributed by atoms with van der Waals surface area (Å²) in [5, 5.41) is 7.80. The van der Waals surface area contributed by atoms with Crippen LogP contribution in [0.2, 0.25) is 0 Å². The molecular weight excluding hydrogens is 316 g/mol. The number of hydrogen-bond donors (Lipinski definition) is 2. The van der Waals surface area contributed by atoms with Crippen molar-refractivity contribution in [2.24, 2.45) is 5.14 Å². The minimum atomic E-state index is -3.90. The molecule has 1 heterocycles. The van der Waals surface area contributed by atoms with Gasteiger partial charge in [0, 0.05) is 12.6 Å². The number of carbonyl (C=O) groups is 1. The molecule has 1 aromatic heterocycles. The number of amides is 1. The minimum Gasteiger partial charge on any atom is -0.455 e. The second-order valence-electron chi connectivity index (χ2n) is 5.60. The first-order valence-corrected chi connectivity index (χ1v) is 8.71. The smallest absolute Gasteiger partial charge is 0.287 e. The predicted octanol–water partition coefficient (Wildman–Crippen LogP) is 2.08. The first-order chi connectivity index (χ1) is 10.7. The molecule has 1 unspecified atom stereocenters. The van der Waals surface area contributed by atoms with E-state index < -0.39 is 15.9 Å². The monoisotopic (exact) mass is 336 g/mol. The van der Waals surface area contributed by atoms with Crippen LogP contribution in [0.4, 0.5) is 0 Å². The molecule has 1 amide bonds. The first kappa shape index (κ1) is 17.2. The van der Waals surface area contributed by atoms with E-state index in [1.54, 1.807) is 0 Å². The summed E-state index contributed by atoms with van der Waals surface area (Å²) in [5.41, 5.74) is 2.27. The van der Waals surface area contributed by atoms with E-state index >= 15 is 0 Å². The number of rotatable bonds is 5. The fourth-order valence-electron chi connectivity index (χ4n) is 2.29. The molecule has 0 aliphatic rings. The average Bonchev–Trinajstić information content (AvgIpc) is 2.86. The van der Waals surface area contributed by atoms with E-state index in [1.807, 2.05) is 32.0 Å². The lowest BCUT2D eigenvalue weighted by atomic mass is 9.99. The third-order valence-corrected chi connectivity index (χ3v) is 4.60. The van der Waals surface area contributed by atoms with E-state index in [-0.39, 0.29) is 22.3 Å². The number of nitrogens with one attached hydrogen (secondary N) is 1. The maximum Gasteiger partial charge on any atom is 0.287 e. The molecule has 23 heavy (non-hydrogen) atoms. The van der Waals surface area contributed by atoms with Crippen molar-refractivity contribution < 1.29 is 17.6 Å². The van der Waals surface area contributed by atoms with Gasteiger partial charge in [-0.15, -0.1) is 0 Å². The lowest BCUT2D eigenvalue weighted by Gasteiger charge is -2.13. The normalized spacial score (nSPS) is 12.9. The van der Waals surface area contributed by atoms with Crippen molar-refractivity contribution in [1.82, 2.24) is 5.32 Å². The van der Waals surface area contributed by atoms with Gasteiger partial charge < -0.3 is 9.73 Å². The molecule has 2 rings (SSSR count). The van der Waals surface area contributed by atoms with Crippen LogP contribution in [-0.4, -0.2) is 20.9 Å². The molecule has 0 radical (unpaired) electrons. The van der Waals surface area contributed by atoms with Crippen molar-refractivity contribution in [1.29, 1.82) is 0 Å². The van der Waals surface area contributed by atoms with Crippen molar-refractivity contribution in [2.45, 2.75) is 31.6 Å². The van der Waals surface area contributed by atoms with E-state index in [9.17, 15) is 13.2 Å². The highest BCUT2D eigenvalue weighted by molar-refractivity contribution is 7.89. The Bertz CT molecular complexity index is 824. The molecule has 0 aliphatic heterocycles. The van der Waals surface area contributed by atoms with Gasteiger partial charge in [-0.25, -0.2) is 13.6 Å². The summed E-state index contributed by atoms with van der Waals surface area (Å²) in [6.45, 7) is 5.87. The molecular formula is C16H20N2O4S. The van der Waals surface area contributed by atoms with Gasteiger partial charge in [0.05, 0.1) is 0 Å². The van der Waals surface area contributed by atoms with Crippen molar-refractivity contribution in [2.75, 3.05) is 6.54 Å². The van der Waals surface area contributed by atoms with Gasteiger partial charge >= 0.3 is 0 Å². The van der Waals surface area contributed by atoms with Crippen LogP contribution in [0.1, 0.15) is 40.3 Å². The van der Waals surface area contributed by atoms with Crippen LogP contribution < -0.4 is 10.5 Å². The van der Waals surface area contributed by atoms with Gasteiger partial charge in [-0.3, -0.25) is 4.79 Å². The number of benzene rings is 1. The number of primary sulfonamides is 1. The van der Waals surface area contributed by atoms with E-state index in [0.717, 1.165) is 17.2 Å². The minimum absolute atomic E-state index is 0.0667. The summed E-state index contributed by atoms with van der Waals surface area (Å²) < 4.78 is 27.9. The average molecular weight is 336 g/mol. The van der Waals surface area contributed by atoms with Gasteiger partial charge in [0.25, 0.3) is 5.91 Å². The zero-order chi connectivity index (χ0) is 17.2. The maximum atomic E-state index is 12.1. The van der Waals surface area contributed by atoms with E-state index in [0.29, 0.717) is 6.54 Å². The summed E-state index contributed by atoms with van der Waals surface area (Å²) in [4.78, 5) is 11.9. The number of nitrogens with two attached hydrogens (primary N) is 1. The Morgan fingerprint density at radius 1 is 1.30 bits per heavy atom. The van der Waals surface area contributed by atoms with Crippen molar-refractivity contribution in [3.05, 3.63) is 53.0 Å². The zero-order valence-corrected chi connectivity index (χ0v) is 14.1. The quantitative estimate of drug-likeness (QED) is 0.872. The fourth-order valence-corrected chi connectivity index (χ4v) is 3.00. The lowest BCUT2D eigenvalue weighted by molar-refractivity contribution is 0.0922. The second kappa shape index (κ2) is 6.55. The fraction of sp³-hybridized carbons (Fsp3) is 0.312. The van der Waals surface area contributed by atoms with Gasteiger partial charge in [0.15, 0.2) is 5.76 Å². The molecule has 2 aromatic rings. The molecule has 7 heteroatoms. The Kier molecular flexibility index (Phi) is 4.91. The van der Waals surface area contributed by atoms with Crippen LogP contribution in [0.3, 0.4) is 0 Å². The number of sulfonamides is 1. The number of furan rings is 1. The third kappa shape index (κ3) is 4.20. The summed E-state index contributed by atoms with van der Waals surface area (Å²) in [7, 11) is -3.90. The van der Waals surface area contributed by atoms with Crippen molar-refractivity contribution >= 4 is 15.9 Å².